The third kappa shape index (κ3) is 3.99. The molecule has 0 aliphatic heterocycles. The van der Waals surface area contributed by atoms with Crippen LogP contribution in [0.2, 0.25) is 0 Å². The number of para-hydroxylation sites is 2. The number of aromatic nitrogens is 2. The van der Waals surface area contributed by atoms with Crippen LogP contribution >= 0.6 is 0 Å². The van der Waals surface area contributed by atoms with Crippen LogP contribution in [0.25, 0.3) is 110 Å². The van der Waals surface area contributed by atoms with E-state index in [9.17, 15) is 0 Å². The third-order valence-electron chi connectivity index (χ3n) is 10.1. The molecule has 0 radical (unpaired) electrons. The van der Waals surface area contributed by atoms with Crippen molar-refractivity contribution in [3.63, 3.8) is 0 Å². The van der Waals surface area contributed by atoms with Gasteiger partial charge in [0.2, 0.25) is 0 Å². The fourth-order valence-corrected chi connectivity index (χ4v) is 7.73. The van der Waals surface area contributed by atoms with Crippen molar-refractivity contribution in [2.75, 3.05) is 0 Å². The fraction of sp³-hybridized carbons (Fsp3) is 0. The molecule has 0 saturated heterocycles. The summed E-state index contributed by atoms with van der Waals surface area (Å²) in [5.41, 5.74) is 11.5. The molecule has 0 atom stereocenters. The fourth-order valence-electron chi connectivity index (χ4n) is 7.73. The first-order chi connectivity index (χ1) is 24.8. The number of hydrogen-bond donors (Lipinski definition) is 0. The van der Waals surface area contributed by atoms with E-state index in [2.05, 4.69) is 127 Å². The van der Waals surface area contributed by atoms with Crippen molar-refractivity contribution in [2.24, 2.45) is 0 Å². The van der Waals surface area contributed by atoms with Crippen LogP contribution < -0.4 is 0 Å². The number of furan rings is 2. The molecule has 4 nitrogen and oxygen atoms in total. The molecule has 3 heterocycles. The Morgan fingerprint density at radius 3 is 1.74 bits per heavy atom. The first-order valence-electron chi connectivity index (χ1n) is 16.8. The summed E-state index contributed by atoms with van der Waals surface area (Å²) in [5.74, 6) is 0. The maximum atomic E-state index is 6.58. The summed E-state index contributed by atoms with van der Waals surface area (Å²) in [4.78, 5) is 10.2. The van der Waals surface area contributed by atoms with Gasteiger partial charge in [-0.2, -0.15) is 0 Å². The van der Waals surface area contributed by atoms with Gasteiger partial charge in [-0.15, -0.1) is 0 Å². The van der Waals surface area contributed by atoms with Crippen molar-refractivity contribution in [3.05, 3.63) is 158 Å². The molecule has 11 aromatic rings. The van der Waals surface area contributed by atoms with Crippen LogP contribution in [0, 0.1) is 0 Å². The lowest BCUT2D eigenvalue weighted by Gasteiger charge is -2.11. The minimum Gasteiger partial charge on any atom is -0.456 e. The minimum atomic E-state index is 0.820. The first kappa shape index (κ1) is 27.2. The van der Waals surface area contributed by atoms with Gasteiger partial charge < -0.3 is 8.83 Å². The molecular formula is C46H26N2O2. The number of nitrogens with zero attached hydrogens (tertiary/aromatic N) is 2. The van der Waals surface area contributed by atoms with Crippen molar-refractivity contribution >= 4 is 76.5 Å². The van der Waals surface area contributed by atoms with Crippen LogP contribution in [-0.4, -0.2) is 9.97 Å². The highest BCUT2D eigenvalue weighted by Gasteiger charge is 2.17. The molecule has 8 aromatic carbocycles. The molecule has 0 spiro atoms. The highest BCUT2D eigenvalue weighted by Crippen LogP contribution is 2.41. The van der Waals surface area contributed by atoms with E-state index >= 15 is 0 Å². The molecule has 0 unspecified atom stereocenters. The Morgan fingerprint density at radius 1 is 0.360 bits per heavy atom. The maximum Gasteiger partial charge on any atom is 0.143 e. The van der Waals surface area contributed by atoms with Crippen LogP contribution in [0.15, 0.2) is 167 Å². The standard InChI is InChI=1S/C46H26N2O2/c1-3-17-35-32(14-1)33-15-2-4-18-36(33)45-44(35)47-26-40(48-45)30-13-8-11-28(23-30)27-10-7-12-29(22-27)31-19-9-20-37-39-24-38-34-16-5-6-21-41(34)49-42(38)25-43(39)50-46(31)37/h1-26H. The van der Waals surface area contributed by atoms with Crippen molar-refractivity contribution in [2.45, 2.75) is 0 Å². The van der Waals surface area contributed by atoms with Crippen molar-refractivity contribution in [3.8, 4) is 33.5 Å². The van der Waals surface area contributed by atoms with Crippen LogP contribution in [-0.2, 0) is 0 Å². The average Bonchev–Trinajstić information content (AvgIpc) is 3.74. The molecule has 11 rings (SSSR count). The largest absolute Gasteiger partial charge is 0.456 e. The Balaban J connectivity index is 1.02. The van der Waals surface area contributed by atoms with Crippen molar-refractivity contribution in [1.29, 1.82) is 0 Å². The van der Waals surface area contributed by atoms with E-state index in [1.54, 1.807) is 0 Å². The van der Waals surface area contributed by atoms with Gasteiger partial charge in [-0.1, -0.05) is 121 Å². The molecular weight excluding hydrogens is 613 g/mol. The smallest absolute Gasteiger partial charge is 0.143 e. The van der Waals surface area contributed by atoms with Gasteiger partial charge in [0.05, 0.1) is 22.9 Å². The zero-order valence-electron chi connectivity index (χ0n) is 26.7. The second-order valence-electron chi connectivity index (χ2n) is 12.9. The van der Waals surface area contributed by atoms with Crippen LogP contribution in [0.5, 0.6) is 0 Å². The molecule has 0 N–H and O–H groups in total. The molecule has 0 fully saturated rings. The molecule has 3 aromatic heterocycles. The van der Waals surface area contributed by atoms with Crippen LogP contribution in [0.3, 0.4) is 0 Å². The summed E-state index contributed by atoms with van der Waals surface area (Å²) in [5, 5.41) is 9.00. The van der Waals surface area contributed by atoms with Gasteiger partial charge >= 0.3 is 0 Å². The third-order valence-corrected chi connectivity index (χ3v) is 10.1. The zero-order valence-corrected chi connectivity index (χ0v) is 26.7. The van der Waals surface area contributed by atoms with E-state index in [1.165, 1.54) is 10.8 Å². The second kappa shape index (κ2) is 10.4. The number of rotatable bonds is 3. The molecule has 0 bridgehead atoms. The van der Waals surface area contributed by atoms with Gasteiger partial charge in [-0.25, -0.2) is 4.98 Å². The van der Waals surface area contributed by atoms with Gasteiger partial charge in [0.25, 0.3) is 0 Å². The predicted molar refractivity (Wildman–Crippen MR) is 205 cm³/mol. The summed E-state index contributed by atoms with van der Waals surface area (Å²) in [6, 6.07) is 53.0. The lowest BCUT2D eigenvalue weighted by molar-refractivity contribution is 0.656. The SMILES string of the molecule is c1cc(-c2cccc(-c3cccc4c3oc3cc5oc6ccccc6c5cc34)c2)cc(-c2cnc3c4ccccc4c4ccccc4c3n2)c1. The summed E-state index contributed by atoms with van der Waals surface area (Å²) in [6.45, 7) is 0. The monoisotopic (exact) mass is 638 g/mol. The Morgan fingerprint density at radius 2 is 0.940 bits per heavy atom. The Kier molecular flexibility index (Phi) is 5.63. The van der Waals surface area contributed by atoms with E-state index in [0.29, 0.717) is 0 Å². The summed E-state index contributed by atoms with van der Waals surface area (Å²) >= 11 is 0. The highest BCUT2D eigenvalue weighted by molar-refractivity contribution is 6.23. The molecule has 50 heavy (non-hydrogen) atoms. The molecule has 0 aliphatic carbocycles. The second-order valence-corrected chi connectivity index (χ2v) is 12.9. The Labute approximate surface area is 285 Å². The topological polar surface area (TPSA) is 52.1 Å². The normalized spacial score (nSPS) is 12.0. The highest BCUT2D eigenvalue weighted by atomic mass is 16.3. The summed E-state index contributed by atoms with van der Waals surface area (Å²) < 4.78 is 12.7. The molecule has 0 saturated carbocycles. The zero-order chi connectivity index (χ0) is 32.8. The molecule has 4 heteroatoms. The quantitative estimate of drug-likeness (QED) is 0.181. The van der Waals surface area contributed by atoms with E-state index in [0.717, 1.165) is 99.2 Å². The minimum absolute atomic E-state index is 0.820. The number of fused-ring (bicyclic) bond motifs is 12. The van der Waals surface area contributed by atoms with Crippen LogP contribution in [0.4, 0.5) is 0 Å². The van der Waals surface area contributed by atoms with Gasteiger partial charge in [0, 0.05) is 49.5 Å². The van der Waals surface area contributed by atoms with Crippen LogP contribution in [0.1, 0.15) is 0 Å². The molecule has 0 aliphatic rings. The Hall–Kier alpha value is -6.78. The lowest BCUT2D eigenvalue weighted by Crippen LogP contribution is -1.92. The summed E-state index contributed by atoms with van der Waals surface area (Å²) in [6.07, 6.45) is 1.90. The Bertz CT molecular complexity index is 3130. The molecule has 232 valence electrons. The van der Waals surface area contributed by atoms with Gasteiger partial charge in [0.15, 0.2) is 0 Å². The number of benzene rings is 8. The predicted octanol–water partition coefficient (Wildman–Crippen LogP) is 12.7. The van der Waals surface area contributed by atoms with E-state index in [1.807, 2.05) is 30.5 Å². The van der Waals surface area contributed by atoms with Gasteiger partial charge in [0.1, 0.15) is 22.3 Å². The average molecular weight is 639 g/mol. The lowest BCUT2D eigenvalue weighted by atomic mass is 9.96. The van der Waals surface area contributed by atoms with E-state index < -0.39 is 0 Å². The maximum absolute atomic E-state index is 6.58. The van der Waals surface area contributed by atoms with Gasteiger partial charge in [-0.3, -0.25) is 4.98 Å². The first-order valence-corrected chi connectivity index (χ1v) is 16.8. The summed E-state index contributed by atoms with van der Waals surface area (Å²) in [7, 11) is 0. The van der Waals surface area contributed by atoms with Crippen molar-refractivity contribution in [1.82, 2.24) is 9.97 Å². The van der Waals surface area contributed by atoms with E-state index in [4.69, 9.17) is 18.8 Å². The molecule has 0 amide bonds. The van der Waals surface area contributed by atoms with E-state index in [-0.39, 0.29) is 0 Å². The number of hydrogen-bond acceptors (Lipinski definition) is 4. The van der Waals surface area contributed by atoms with Crippen molar-refractivity contribution < 1.29 is 8.83 Å². The van der Waals surface area contributed by atoms with Gasteiger partial charge in [-0.05, 0) is 51.7 Å².